The lowest BCUT2D eigenvalue weighted by atomic mass is 9.74. The fourth-order valence-electron chi connectivity index (χ4n) is 3.89. The summed E-state index contributed by atoms with van der Waals surface area (Å²) in [5.74, 6) is 2.73. The third-order valence-corrected chi connectivity index (χ3v) is 5.79. The Morgan fingerprint density at radius 2 is 2.20 bits per heavy atom. The minimum Gasteiger partial charge on any atom is -0.493 e. The summed E-state index contributed by atoms with van der Waals surface area (Å²) in [5.41, 5.74) is 0.624. The zero-order chi connectivity index (χ0) is 17.4. The molecule has 4 rings (SSSR count). The molecule has 0 spiro atoms. The molecule has 1 amide bonds. The first-order valence-corrected chi connectivity index (χ1v) is 9.76. The summed E-state index contributed by atoms with van der Waals surface area (Å²) in [6.45, 7) is 1.45. The van der Waals surface area contributed by atoms with Crippen LogP contribution in [0.1, 0.15) is 27.8 Å². The normalized spacial score (nSPS) is 24.6. The summed E-state index contributed by atoms with van der Waals surface area (Å²) >= 11 is 1.66. The minimum absolute atomic E-state index is 0.00827. The van der Waals surface area contributed by atoms with Crippen LogP contribution in [0.2, 0.25) is 0 Å². The van der Waals surface area contributed by atoms with E-state index in [-0.39, 0.29) is 18.4 Å². The van der Waals surface area contributed by atoms with Crippen molar-refractivity contribution >= 4 is 17.7 Å². The molecule has 25 heavy (non-hydrogen) atoms. The maximum absolute atomic E-state index is 12.9. The highest BCUT2D eigenvalue weighted by Gasteiger charge is 2.52. The first-order chi connectivity index (χ1) is 12.2. The van der Waals surface area contributed by atoms with Crippen molar-refractivity contribution in [3.63, 3.8) is 0 Å². The molecule has 2 unspecified atom stereocenters. The van der Waals surface area contributed by atoms with Gasteiger partial charge in [-0.15, -0.1) is 0 Å². The van der Waals surface area contributed by atoms with Crippen LogP contribution in [-0.4, -0.2) is 48.5 Å². The van der Waals surface area contributed by atoms with E-state index in [2.05, 4.69) is 0 Å². The van der Waals surface area contributed by atoms with Crippen molar-refractivity contribution in [2.75, 3.05) is 32.6 Å². The Morgan fingerprint density at radius 1 is 1.36 bits per heavy atom. The number of benzene rings is 1. The summed E-state index contributed by atoms with van der Waals surface area (Å²) in [6, 6.07) is 11.5. The maximum Gasteiger partial charge on any atom is 0.289 e. The average molecular weight is 359 g/mol. The quantitative estimate of drug-likeness (QED) is 0.909. The summed E-state index contributed by atoms with van der Waals surface area (Å²) in [4.78, 5) is 14.7. The van der Waals surface area contributed by atoms with E-state index in [0.29, 0.717) is 25.5 Å². The third-order valence-electron chi connectivity index (χ3n) is 5.22. The van der Waals surface area contributed by atoms with Gasteiger partial charge in [0.15, 0.2) is 5.76 Å². The second-order valence-electron chi connectivity index (χ2n) is 6.78. The summed E-state index contributed by atoms with van der Waals surface area (Å²) in [6.07, 6.45) is 2.00. The van der Waals surface area contributed by atoms with E-state index in [0.717, 1.165) is 22.8 Å². The second-order valence-corrected chi connectivity index (χ2v) is 7.65. The van der Waals surface area contributed by atoms with Crippen molar-refractivity contribution in [2.24, 2.45) is 5.41 Å². The van der Waals surface area contributed by atoms with Crippen LogP contribution in [0.25, 0.3) is 0 Å². The number of aliphatic hydroxyl groups excluding tert-OH is 1. The van der Waals surface area contributed by atoms with Crippen LogP contribution in [0, 0.1) is 5.41 Å². The number of hydrogen-bond donors (Lipinski definition) is 1. The van der Waals surface area contributed by atoms with Crippen LogP contribution >= 0.6 is 11.8 Å². The number of rotatable bonds is 4. The molecule has 0 bridgehead atoms. The molecule has 1 N–H and O–H groups in total. The number of amides is 1. The Kier molecular flexibility index (Phi) is 4.25. The highest BCUT2D eigenvalue weighted by atomic mass is 32.2. The van der Waals surface area contributed by atoms with Crippen LogP contribution in [0.15, 0.2) is 40.8 Å². The Hall–Kier alpha value is -1.92. The predicted octanol–water partition coefficient (Wildman–Crippen LogP) is 2.75. The minimum atomic E-state index is -0.446. The van der Waals surface area contributed by atoms with Crippen LogP contribution in [0.3, 0.4) is 0 Å². The van der Waals surface area contributed by atoms with Gasteiger partial charge in [-0.2, -0.15) is 11.8 Å². The van der Waals surface area contributed by atoms with Crippen molar-refractivity contribution in [1.82, 2.24) is 4.90 Å². The third kappa shape index (κ3) is 2.73. The smallest absolute Gasteiger partial charge is 0.289 e. The highest BCUT2D eigenvalue weighted by Crippen LogP contribution is 2.49. The van der Waals surface area contributed by atoms with Crippen LogP contribution in [0.5, 0.6) is 5.75 Å². The Bertz CT molecular complexity index is 789. The van der Waals surface area contributed by atoms with Crippen LogP contribution in [-0.2, 0) is 5.75 Å². The fourth-order valence-corrected chi connectivity index (χ4v) is 4.33. The lowest BCUT2D eigenvalue weighted by molar-refractivity contribution is 0.0433. The van der Waals surface area contributed by atoms with Crippen molar-refractivity contribution in [3.8, 4) is 5.75 Å². The molecule has 2 aliphatic rings. The molecule has 1 aromatic heterocycles. The zero-order valence-corrected chi connectivity index (χ0v) is 14.9. The number of aliphatic hydroxyl groups is 1. The van der Waals surface area contributed by atoms with E-state index in [1.54, 1.807) is 22.7 Å². The number of para-hydroxylation sites is 1. The van der Waals surface area contributed by atoms with E-state index >= 15 is 0 Å². The molecule has 2 aliphatic heterocycles. The second kappa shape index (κ2) is 6.42. The lowest BCUT2D eigenvalue weighted by Crippen LogP contribution is -2.42. The topological polar surface area (TPSA) is 62.9 Å². The molecule has 3 heterocycles. The number of hydrogen-bond acceptors (Lipinski definition) is 5. The van der Waals surface area contributed by atoms with Gasteiger partial charge in [-0.3, -0.25) is 4.79 Å². The summed E-state index contributed by atoms with van der Waals surface area (Å²) < 4.78 is 11.6. The molecular formula is C19H21NO4S. The van der Waals surface area contributed by atoms with Gasteiger partial charge in [0, 0.05) is 19.0 Å². The largest absolute Gasteiger partial charge is 0.493 e. The Morgan fingerprint density at radius 3 is 3.00 bits per heavy atom. The number of carbonyl (C=O) groups is 1. The molecule has 2 atom stereocenters. The Balaban J connectivity index is 1.60. The molecule has 1 fully saturated rings. The van der Waals surface area contributed by atoms with Gasteiger partial charge >= 0.3 is 0 Å². The molecule has 0 saturated carbocycles. The monoisotopic (exact) mass is 359 g/mol. The van der Waals surface area contributed by atoms with Gasteiger partial charge < -0.3 is 19.2 Å². The van der Waals surface area contributed by atoms with E-state index in [9.17, 15) is 9.90 Å². The molecular weight excluding hydrogens is 338 g/mol. The van der Waals surface area contributed by atoms with E-state index in [1.807, 2.05) is 36.6 Å². The molecule has 6 heteroatoms. The molecule has 1 saturated heterocycles. The van der Waals surface area contributed by atoms with Gasteiger partial charge in [0.25, 0.3) is 5.91 Å². The molecule has 0 radical (unpaired) electrons. The van der Waals surface area contributed by atoms with Crippen molar-refractivity contribution in [2.45, 2.75) is 11.7 Å². The number of thioether (sulfide) groups is 1. The summed E-state index contributed by atoms with van der Waals surface area (Å²) in [5, 5.41) is 10.1. The van der Waals surface area contributed by atoms with Gasteiger partial charge in [0.1, 0.15) is 11.5 Å². The van der Waals surface area contributed by atoms with E-state index in [1.165, 1.54) is 0 Å². The number of nitrogens with zero attached hydrogens (tertiary/aromatic N) is 1. The number of likely N-dealkylation sites (tertiary alicyclic amines) is 1. The number of carbonyl (C=O) groups excluding carboxylic acids is 1. The molecule has 2 aromatic rings. The van der Waals surface area contributed by atoms with Gasteiger partial charge in [-0.1, -0.05) is 18.2 Å². The van der Waals surface area contributed by atoms with Crippen LogP contribution in [0.4, 0.5) is 0 Å². The maximum atomic E-state index is 12.9. The highest BCUT2D eigenvalue weighted by molar-refractivity contribution is 7.97. The van der Waals surface area contributed by atoms with Crippen molar-refractivity contribution < 1.29 is 19.1 Å². The van der Waals surface area contributed by atoms with Crippen molar-refractivity contribution in [1.29, 1.82) is 0 Å². The van der Waals surface area contributed by atoms with Gasteiger partial charge in [0.2, 0.25) is 0 Å². The zero-order valence-electron chi connectivity index (χ0n) is 14.1. The number of furan rings is 1. The predicted molar refractivity (Wildman–Crippen MR) is 96.0 cm³/mol. The Labute approximate surface area is 151 Å². The SMILES string of the molecule is CSCc1ccc(C(=O)N2CC3c4ccccc4OCC3(CO)C2)o1. The standard InChI is InChI=1S/C19H21NO4S/c1-25-9-13-6-7-17(24-13)18(22)20-8-15-14-4-2-3-5-16(14)23-12-19(15,10-20)11-21/h2-7,15,21H,8-12H2,1H3. The molecule has 1 aromatic carbocycles. The first-order valence-electron chi connectivity index (χ1n) is 8.36. The van der Waals surface area contributed by atoms with E-state index < -0.39 is 5.41 Å². The average Bonchev–Trinajstić information content (AvgIpc) is 3.26. The van der Waals surface area contributed by atoms with Gasteiger partial charge in [0.05, 0.1) is 24.4 Å². The molecule has 0 aliphatic carbocycles. The van der Waals surface area contributed by atoms with Gasteiger partial charge in [-0.05, 0) is 30.0 Å². The number of fused-ring (bicyclic) bond motifs is 3. The molecule has 132 valence electrons. The van der Waals surface area contributed by atoms with Gasteiger partial charge in [-0.25, -0.2) is 0 Å². The molecule has 5 nitrogen and oxygen atoms in total. The first kappa shape index (κ1) is 16.5. The number of ether oxygens (including phenoxy) is 1. The van der Waals surface area contributed by atoms with E-state index in [4.69, 9.17) is 9.15 Å². The fraction of sp³-hybridized carbons (Fsp3) is 0.421. The van der Waals surface area contributed by atoms with Crippen molar-refractivity contribution in [3.05, 3.63) is 53.5 Å². The lowest BCUT2D eigenvalue weighted by Gasteiger charge is -2.37. The summed E-state index contributed by atoms with van der Waals surface area (Å²) in [7, 11) is 0. The van der Waals surface area contributed by atoms with Crippen LogP contribution < -0.4 is 4.74 Å².